The summed E-state index contributed by atoms with van der Waals surface area (Å²) in [6.45, 7) is 7.48. The second-order valence-electron chi connectivity index (χ2n) is 12.9. The van der Waals surface area contributed by atoms with Crippen molar-refractivity contribution in [1.82, 2.24) is 9.55 Å². The molecule has 214 valence electrons. The molecule has 0 bridgehead atoms. The van der Waals surface area contributed by atoms with Crippen LogP contribution in [0.3, 0.4) is 0 Å². The highest BCUT2D eigenvalue weighted by molar-refractivity contribution is 8.00. The van der Waals surface area contributed by atoms with Gasteiger partial charge in [0.25, 0.3) is 0 Å². The molecule has 1 aromatic heterocycles. The zero-order valence-electron chi connectivity index (χ0n) is 25.3. The van der Waals surface area contributed by atoms with Gasteiger partial charge >= 0.3 is 0 Å². The third kappa shape index (κ3) is 8.41. The van der Waals surface area contributed by atoms with Gasteiger partial charge in [-0.05, 0) is 42.5 Å². The monoisotopic (exact) mass is 562 g/mol. The van der Waals surface area contributed by atoms with Gasteiger partial charge in [-0.3, -0.25) is 0 Å². The first-order chi connectivity index (χ1) is 20.0. The first-order valence-electron chi connectivity index (χ1n) is 15.9. The van der Waals surface area contributed by atoms with Crippen LogP contribution in [0.25, 0.3) is 5.69 Å². The lowest BCUT2D eigenvalue weighted by Crippen LogP contribution is -2.47. The van der Waals surface area contributed by atoms with E-state index >= 15 is 0 Å². The Hall–Kier alpha value is -2.72. The summed E-state index contributed by atoms with van der Waals surface area (Å²) in [5.74, 6) is 1.57. The summed E-state index contributed by atoms with van der Waals surface area (Å²) in [5.41, 5.74) is 5.73. The van der Waals surface area contributed by atoms with E-state index in [9.17, 15) is 0 Å². The second-order valence-corrected chi connectivity index (χ2v) is 14.8. The van der Waals surface area contributed by atoms with Crippen LogP contribution in [0.5, 0.6) is 0 Å². The number of imidazole rings is 1. The molecular formula is C37H47BN2S. The first kappa shape index (κ1) is 29.8. The number of hydrogen-bond acceptors (Lipinski definition) is 2. The summed E-state index contributed by atoms with van der Waals surface area (Å²) in [4.78, 5) is 5.54. The van der Waals surface area contributed by atoms with Crippen LogP contribution in [0, 0.1) is 0 Å². The van der Waals surface area contributed by atoms with E-state index in [2.05, 4.69) is 105 Å². The van der Waals surface area contributed by atoms with Crippen molar-refractivity contribution in [2.45, 2.75) is 106 Å². The number of nitrogens with zero attached hydrogens (tertiary/aromatic N) is 2. The molecule has 4 heteroatoms. The zero-order chi connectivity index (χ0) is 28.5. The van der Waals surface area contributed by atoms with E-state index in [1.54, 1.807) is 0 Å². The molecule has 0 atom stereocenters. The predicted octanol–water partition coefficient (Wildman–Crippen LogP) is 9.44. The topological polar surface area (TPSA) is 17.8 Å². The fraction of sp³-hybridized carbons (Fsp3) is 0.432. The van der Waals surface area contributed by atoms with Gasteiger partial charge in [0.05, 0.1) is 6.33 Å². The van der Waals surface area contributed by atoms with Gasteiger partial charge in [0.2, 0.25) is 6.71 Å². The van der Waals surface area contributed by atoms with Crippen LogP contribution in [0.15, 0.2) is 102 Å². The van der Waals surface area contributed by atoms with Crippen LogP contribution in [0.4, 0.5) is 0 Å². The van der Waals surface area contributed by atoms with Gasteiger partial charge in [-0.25, -0.2) is 4.98 Å². The number of hydrogen-bond donors (Lipinski definition) is 0. The number of rotatable bonds is 6. The lowest BCUT2D eigenvalue weighted by Gasteiger charge is -2.31. The van der Waals surface area contributed by atoms with E-state index in [1.165, 1.54) is 91.3 Å². The highest BCUT2D eigenvalue weighted by atomic mass is 32.2. The normalized spacial score (nSPS) is 16.6. The molecule has 4 aromatic rings. The molecule has 0 spiro atoms. The number of benzene rings is 3. The van der Waals surface area contributed by atoms with Crippen molar-refractivity contribution in [3.8, 4) is 5.69 Å². The van der Waals surface area contributed by atoms with Crippen molar-refractivity contribution in [1.29, 1.82) is 0 Å². The lowest BCUT2D eigenvalue weighted by atomic mass is 9.32. The van der Waals surface area contributed by atoms with Crippen molar-refractivity contribution in [3.05, 3.63) is 103 Å². The van der Waals surface area contributed by atoms with Crippen molar-refractivity contribution in [2.75, 3.05) is 0 Å². The summed E-state index contributed by atoms with van der Waals surface area (Å²) in [7, 11) is 0. The largest absolute Gasteiger partial charge is 0.306 e. The Balaban J connectivity index is 0.000000174. The van der Waals surface area contributed by atoms with Crippen LogP contribution in [0.2, 0.25) is 5.82 Å². The van der Waals surface area contributed by atoms with E-state index in [0.29, 0.717) is 6.71 Å². The lowest BCUT2D eigenvalue weighted by molar-refractivity contribution is 0.443. The number of aromatic nitrogens is 2. The SMILES string of the molecule is CC(C)(C)Sc1ccccc1B(c1ccccc1)C1CCCCC1.c1cn(-c2ccc(C3CCCCC3)cc2)cn1. The maximum absolute atomic E-state index is 4.07. The minimum absolute atomic E-state index is 0.240. The van der Waals surface area contributed by atoms with Crippen LogP contribution in [-0.4, -0.2) is 21.0 Å². The molecule has 2 saturated carbocycles. The standard InChI is InChI=1S/C22H29BS.C15H18N2/c1-22(2,3)24-21-17-11-10-16-20(21)23(18-12-6-4-7-13-18)19-14-8-5-9-15-19;1-2-4-13(5-3-1)14-6-8-15(9-7-14)17-11-10-16-12-17/h4,6-7,10-13,16-17,19H,5,8-9,14-15H2,1-3H3;6-13H,1-5H2. The molecule has 0 aliphatic heterocycles. The van der Waals surface area contributed by atoms with Gasteiger partial charge in [-0.1, -0.05) is 150 Å². The number of thioether (sulfide) groups is 1. The summed E-state index contributed by atoms with van der Waals surface area (Å²) >= 11 is 2.01. The van der Waals surface area contributed by atoms with Crippen LogP contribution in [0.1, 0.15) is 96.5 Å². The van der Waals surface area contributed by atoms with Crippen molar-refractivity contribution >= 4 is 29.4 Å². The van der Waals surface area contributed by atoms with Gasteiger partial charge < -0.3 is 4.57 Å². The highest BCUT2D eigenvalue weighted by Gasteiger charge is 2.32. The molecule has 2 aliphatic rings. The van der Waals surface area contributed by atoms with Gasteiger partial charge in [0.15, 0.2) is 0 Å². The van der Waals surface area contributed by atoms with Crippen LogP contribution in [-0.2, 0) is 0 Å². The van der Waals surface area contributed by atoms with Crippen LogP contribution < -0.4 is 10.9 Å². The predicted molar refractivity (Wildman–Crippen MR) is 180 cm³/mol. The van der Waals surface area contributed by atoms with Crippen molar-refractivity contribution in [2.24, 2.45) is 0 Å². The van der Waals surface area contributed by atoms with Gasteiger partial charge in [-0.2, -0.15) is 0 Å². The maximum atomic E-state index is 4.07. The fourth-order valence-corrected chi connectivity index (χ4v) is 7.88. The molecule has 0 saturated heterocycles. The molecule has 2 fully saturated rings. The van der Waals surface area contributed by atoms with E-state index in [-0.39, 0.29) is 4.75 Å². The Morgan fingerprint density at radius 2 is 1.37 bits per heavy atom. The quantitative estimate of drug-likeness (QED) is 0.172. The Morgan fingerprint density at radius 3 is 2.00 bits per heavy atom. The third-order valence-electron chi connectivity index (χ3n) is 8.72. The second kappa shape index (κ2) is 14.5. The Labute approximate surface area is 253 Å². The minimum Gasteiger partial charge on any atom is -0.306 e. The Morgan fingerprint density at radius 1 is 0.732 bits per heavy atom. The summed E-state index contributed by atoms with van der Waals surface area (Å²) < 4.78 is 2.29. The highest BCUT2D eigenvalue weighted by Crippen LogP contribution is 2.35. The molecule has 6 rings (SSSR count). The summed E-state index contributed by atoms with van der Waals surface area (Å²) in [6, 6.07) is 29.3. The average Bonchev–Trinajstić information content (AvgIpc) is 3.55. The van der Waals surface area contributed by atoms with E-state index in [4.69, 9.17) is 0 Å². The maximum Gasteiger partial charge on any atom is 0.213 e. The molecular weight excluding hydrogens is 515 g/mol. The van der Waals surface area contributed by atoms with Crippen molar-refractivity contribution < 1.29 is 0 Å². The molecule has 2 nitrogen and oxygen atoms in total. The van der Waals surface area contributed by atoms with Crippen molar-refractivity contribution in [3.63, 3.8) is 0 Å². The molecule has 1 heterocycles. The van der Waals surface area contributed by atoms with Gasteiger partial charge in [-0.15, -0.1) is 11.8 Å². The molecule has 41 heavy (non-hydrogen) atoms. The molecule has 0 unspecified atom stereocenters. The summed E-state index contributed by atoms with van der Waals surface area (Å²) in [5, 5.41) is 0. The molecule has 0 amide bonds. The molecule has 2 aliphatic carbocycles. The summed E-state index contributed by atoms with van der Waals surface area (Å²) in [6.07, 6.45) is 19.5. The Bertz CT molecular complexity index is 1300. The molecule has 3 aromatic carbocycles. The minimum atomic E-state index is 0.240. The van der Waals surface area contributed by atoms with E-state index in [1.807, 2.05) is 35.0 Å². The molecule has 0 radical (unpaired) electrons. The average molecular weight is 563 g/mol. The third-order valence-corrected chi connectivity index (χ3v) is 9.93. The molecule has 0 N–H and O–H groups in total. The van der Waals surface area contributed by atoms with E-state index < -0.39 is 0 Å². The van der Waals surface area contributed by atoms with E-state index in [0.717, 1.165) is 11.7 Å². The smallest absolute Gasteiger partial charge is 0.213 e. The fourth-order valence-electron chi connectivity index (χ4n) is 6.76. The Kier molecular flexibility index (Phi) is 10.5. The first-order valence-corrected chi connectivity index (χ1v) is 16.7. The van der Waals surface area contributed by atoms with Gasteiger partial charge in [0, 0.05) is 27.7 Å². The zero-order valence-corrected chi connectivity index (χ0v) is 26.2. The van der Waals surface area contributed by atoms with Crippen LogP contribution >= 0.6 is 11.8 Å². The van der Waals surface area contributed by atoms with Gasteiger partial charge in [0.1, 0.15) is 0 Å².